The molecule has 2 rings (SSSR count). The fourth-order valence-electron chi connectivity index (χ4n) is 3.90. The number of methoxy groups -OCH3 is 2. The van der Waals surface area contributed by atoms with E-state index < -0.39 is 0 Å². The van der Waals surface area contributed by atoms with Gasteiger partial charge in [0.2, 0.25) is 0 Å². The molecule has 1 aromatic rings. The van der Waals surface area contributed by atoms with Crippen molar-refractivity contribution in [2.24, 2.45) is 0 Å². The first-order valence-electron chi connectivity index (χ1n) is 8.88. The predicted octanol–water partition coefficient (Wildman–Crippen LogP) is 4.96. The number of hydrogen-bond acceptors (Lipinski definition) is 4. The molecule has 0 bridgehead atoms. The van der Waals surface area contributed by atoms with Crippen molar-refractivity contribution in [3.8, 4) is 5.75 Å². The van der Waals surface area contributed by atoms with Crippen LogP contribution in [0.15, 0.2) is 24.3 Å². The molecule has 1 aromatic carbocycles. The van der Waals surface area contributed by atoms with Crippen molar-refractivity contribution in [2.75, 3.05) is 14.2 Å². The molecule has 0 amide bonds. The molecule has 0 spiro atoms. The minimum absolute atomic E-state index is 0.132. The van der Waals surface area contributed by atoms with E-state index in [9.17, 15) is 0 Å². The van der Waals surface area contributed by atoms with Gasteiger partial charge in [0, 0.05) is 18.2 Å². The van der Waals surface area contributed by atoms with Gasteiger partial charge in [0.25, 0.3) is 0 Å². The van der Waals surface area contributed by atoms with Gasteiger partial charge >= 0.3 is 0 Å². The van der Waals surface area contributed by atoms with E-state index in [0.29, 0.717) is 0 Å². The van der Waals surface area contributed by atoms with Crippen LogP contribution in [0.4, 0.5) is 0 Å². The minimum Gasteiger partial charge on any atom is -0.497 e. The van der Waals surface area contributed by atoms with Crippen LogP contribution in [0.5, 0.6) is 5.75 Å². The van der Waals surface area contributed by atoms with Crippen LogP contribution in [0, 0.1) is 0 Å². The van der Waals surface area contributed by atoms with E-state index in [0.717, 1.165) is 24.2 Å². The van der Waals surface area contributed by atoms with Gasteiger partial charge in [-0.3, -0.25) is 4.84 Å². The lowest BCUT2D eigenvalue weighted by molar-refractivity contribution is -0.312. The Balaban J connectivity index is 2.12. The molecular formula is C20H32ClNO3. The maximum Gasteiger partial charge on any atom is 0.118 e. The lowest BCUT2D eigenvalue weighted by Crippen LogP contribution is -2.62. The number of rotatable bonds is 6. The Morgan fingerprint density at radius 1 is 1.04 bits per heavy atom. The fourth-order valence-corrected chi connectivity index (χ4v) is 4.09. The molecule has 1 fully saturated rings. The predicted molar refractivity (Wildman–Crippen MR) is 102 cm³/mol. The maximum atomic E-state index is 6.70. The van der Waals surface area contributed by atoms with Gasteiger partial charge in [0.1, 0.15) is 5.75 Å². The molecule has 0 aromatic heterocycles. The Hall–Kier alpha value is -0.810. The summed E-state index contributed by atoms with van der Waals surface area (Å²) in [6.45, 7) is 10.8. The van der Waals surface area contributed by atoms with Crippen LogP contribution in [0.2, 0.25) is 0 Å². The van der Waals surface area contributed by atoms with Crippen LogP contribution in [-0.2, 0) is 9.57 Å². The zero-order valence-corrected chi connectivity index (χ0v) is 17.3. The lowest BCUT2D eigenvalue weighted by atomic mass is 9.80. The molecule has 2 atom stereocenters. The van der Waals surface area contributed by atoms with Gasteiger partial charge in [-0.1, -0.05) is 12.1 Å². The number of alkyl halides is 1. The molecule has 1 heterocycles. The molecular weight excluding hydrogens is 338 g/mol. The van der Waals surface area contributed by atoms with E-state index in [-0.39, 0.29) is 28.7 Å². The first-order chi connectivity index (χ1) is 11.6. The van der Waals surface area contributed by atoms with Crippen molar-refractivity contribution < 1.29 is 14.3 Å². The molecule has 0 N–H and O–H groups in total. The third-order valence-electron chi connectivity index (χ3n) is 5.01. The number of ether oxygens (including phenoxy) is 2. The maximum absolute atomic E-state index is 6.70. The molecule has 5 heteroatoms. The summed E-state index contributed by atoms with van der Waals surface area (Å²) in [5, 5.41) is 1.89. The molecule has 2 unspecified atom stereocenters. The summed E-state index contributed by atoms with van der Waals surface area (Å²) in [6.07, 6.45) is 1.94. The highest BCUT2D eigenvalue weighted by Gasteiger charge is 2.47. The standard InChI is InChI=1S/C20H32ClNO3/c1-14(18(21)15-8-10-16(23-6)11-9-15)25-22-19(2,3)12-17(24-7)13-20(22,4)5/h8-11,14,17-18H,12-13H2,1-7H3. The smallest absolute Gasteiger partial charge is 0.118 e. The van der Waals surface area contributed by atoms with Gasteiger partial charge in [-0.25, -0.2) is 0 Å². The van der Waals surface area contributed by atoms with Crippen LogP contribution in [0.3, 0.4) is 0 Å². The van der Waals surface area contributed by atoms with E-state index in [1.54, 1.807) is 14.2 Å². The van der Waals surface area contributed by atoms with E-state index in [4.69, 9.17) is 25.9 Å². The van der Waals surface area contributed by atoms with Crippen LogP contribution in [0.1, 0.15) is 58.4 Å². The van der Waals surface area contributed by atoms with Gasteiger partial charge in [0.05, 0.1) is 24.7 Å². The number of halogens is 1. The van der Waals surface area contributed by atoms with Crippen molar-refractivity contribution in [3.63, 3.8) is 0 Å². The second-order valence-corrected chi connectivity index (χ2v) is 8.64. The van der Waals surface area contributed by atoms with Gasteiger partial charge < -0.3 is 9.47 Å². The topological polar surface area (TPSA) is 30.9 Å². The van der Waals surface area contributed by atoms with Gasteiger partial charge in [-0.15, -0.1) is 11.6 Å². The number of piperidine rings is 1. The number of benzene rings is 1. The van der Waals surface area contributed by atoms with Crippen molar-refractivity contribution in [1.82, 2.24) is 5.06 Å². The second kappa shape index (κ2) is 7.83. The van der Waals surface area contributed by atoms with Crippen molar-refractivity contribution in [2.45, 2.75) is 76.1 Å². The summed E-state index contributed by atoms with van der Waals surface area (Å²) in [5.74, 6) is 0.824. The van der Waals surface area contributed by atoms with E-state index in [2.05, 4.69) is 32.8 Å². The van der Waals surface area contributed by atoms with Crippen molar-refractivity contribution >= 4 is 11.6 Å². The Kier molecular flexibility index (Phi) is 6.42. The van der Waals surface area contributed by atoms with E-state index in [1.807, 2.05) is 31.2 Å². The van der Waals surface area contributed by atoms with Crippen LogP contribution >= 0.6 is 11.6 Å². The second-order valence-electron chi connectivity index (χ2n) is 8.17. The van der Waals surface area contributed by atoms with Crippen molar-refractivity contribution in [3.05, 3.63) is 29.8 Å². The summed E-state index contributed by atoms with van der Waals surface area (Å²) in [5.41, 5.74) is 0.762. The average Bonchev–Trinajstić information content (AvgIpc) is 2.56. The molecule has 1 aliphatic rings. The highest BCUT2D eigenvalue weighted by molar-refractivity contribution is 6.21. The number of hydroxylamine groups is 2. The Labute approximate surface area is 157 Å². The van der Waals surface area contributed by atoms with Crippen LogP contribution < -0.4 is 4.74 Å². The molecule has 1 aliphatic heterocycles. The molecule has 142 valence electrons. The lowest BCUT2D eigenvalue weighted by Gasteiger charge is -2.54. The first-order valence-corrected chi connectivity index (χ1v) is 9.32. The third kappa shape index (κ3) is 4.68. The molecule has 0 saturated carbocycles. The summed E-state index contributed by atoms with van der Waals surface area (Å²) in [4.78, 5) is 6.40. The molecule has 0 aliphatic carbocycles. The summed E-state index contributed by atoms with van der Waals surface area (Å²) in [6, 6.07) is 7.83. The van der Waals surface area contributed by atoms with Gasteiger partial charge in [-0.2, -0.15) is 5.06 Å². The zero-order chi connectivity index (χ0) is 18.8. The van der Waals surface area contributed by atoms with Crippen LogP contribution in [0.25, 0.3) is 0 Å². The highest BCUT2D eigenvalue weighted by Crippen LogP contribution is 2.41. The molecule has 25 heavy (non-hydrogen) atoms. The first kappa shape index (κ1) is 20.5. The molecule has 4 nitrogen and oxygen atoms in total. The van der Waals surface area contributed by atoms with Crippen LogP contribution in [-0.4, -0.2) is 42.6 Å². The summed E-state index contributed by atoms with van der Waals surface area (Å²) < 4.78 is 10.8. The molecule has 0 radical (unpaired) electrons. The van der Waals surface area contributed by atoms with Gasteiger partial charge in [0.15, 0.2) is 0 Å². The number of nitrogens with zero attached hydrogens (tertiary/aromatic N) is 1. The monoisotopic (exact) mass is 369 g/mol. The minimum atomic E-state index is -0.238. The number of hydrogen-bond donors (Lipinski definition) is 0. The SMILES string of the molecule is COc1ccc(C(Cl)C(C)ON2C(C)(C)CC(OC)CC2(C)C)cc1. The van der Waals surface area contributed by atoms with E-state index >= 15 is 0 Å². The summed E-state index contributed by atoms with van der Waals surface area (Å²) >= 11 is 6.70. The Morgan fingerprint density at radius 2 is 1.56 bits per heavy atom. The normalized spacial score (nSPS) is 23.2. The van der Waals surface area contributed by atoms with Crippen molar-refractivity contribution in [1.29, 1.82) is 0 Å². The quantitative estimate of drug-likeness (QED) is 0.663. The average molecular weight is 370 g/mol. The Bertz CT molecular complexity index is 541. The fraction of sp³-hybridized carbons (Fsp3) is 0.700. The zero-order valence-electron chi connectivity index (χ0n) is 16.5. The van der Waals surface area contributed by atoms with Gasteiger partial charge in [-0.05, 0) is 65.2 Å². The largest absolute Gasteiger partial charge is 0.497 e. The third-order valence-corrected chi connectivity index (χ3v) is 5.61. The molecule has 1 saturated heterocycles. The Morgan fingerprint density at radius 3 is 2.00 bits per heavy atom. The highest BCUT2D eigenvalue weighted by atomic mass is 35.5. The summed E-state index contributed by atoms with van der Waals surface area (Å²) in [7, 11) is 3.45. The van der Waals surface area contributed by atoms with E-state index in [1.165, 1.54) is 0 Å².